The fourth-order valence-electron chi connectivity index (χ4n) is 2.62. The highest BCUT2D eigenvalue weighted by Gasteiger charge is 2.05. The lowest BCUT2D eigenvalue weighted by atomic mass is 10.1. The third-order valence-corrected chi connectivity index (χ3v) is 4.55. The molecule has 0 atom stereocenters. The van der Waals surface area contributed by atoms with E-state index in [1.165, 1.54) is 22.3 Å². The first kappa shape index (κ1) is 27.9. The molecule has 0 aromatic rings. The Bertz CT molecular complexity index is 571. The highest BCUT2D eigenvalue weighted by molar-refractivity contribution is 5.70. The minimum absolute atomic E-state index is 0.216. The maximum Gasteiger partial charge on any atom is 0.306 e. The van der Waals surface area contributed by atoms with Gasteiger partial charge in [0.2, 0.25) is 0 Å². The predicted octanol–water partition coefficient (Wildman–Crippen LogP) is 7.02. The number of unbranched alkanes of at least 4 members (excludes halogenated alkanes) is 1. The molecule has 0 aromatic heterocycles. The summed E-state index contributed by atoms with van der Waals surface area (Å²) in [5.41, 5.74) is 5.09. The van der Waals surface area contributed by atoms with Crippen molar-refractivity contribution in [2.45, 2.75) is 92.9 Å². The van der Waals surface area contributed by atoms with Crippen molar-refractivity contribution in [3.8, 4) is 0 Å². The summed E-state index contributed by atoms with van der Waals surface area (Å²) in [6, 6.07) is 0. The number of esters is 2. The topological polar surface area (TPSA) is 52.6 Å². The van der Waals surface area contributed by atoms with Gasteiger partial charge in [0, 0.05) is 12.8 Å². The van der Waals surface area contributed by atoms with Crippen LogP contribution in [0.1, 0.15) is 92.9 Å². The van der Waals surface area contributed by atoms with Crippen LogP contribution in [0.25, 0.3) is 0 Å². The number of hydrogen-bond donors (Lipinski definition) is 0. The van der Waals surface area contributed by atoms with Crippen molar-refractivity contribution in [1.82, 2.24) is 0 Å². The molecule has 0 aromatic carbocycles. The molecule has 4 heteroatoms. The van der Waals surface area contributed by atoms with E-state index in [0.29, 0.717) is 38.9 Å². The fourth-order valence-corrected chi connectivity index (χ4v) is 2.62. The Labute approximate surface area is 184 Å². The molecule has 0 spiro atoms. The summed E-state index contributed by atoms with van der Waals surface area (Å²) in [5, 5.41) is 0. The molecular formula is C26H42O4. The van der Waals surface area contributed by atoms with Crippen molar-refractivity contribution in [3.63, 3.8) is 0 Å². The maximum atomic E-state index is 11.8. The van der Waals surface area contributed by atoms with Crippen LogP contribution in [0, 0.1) is 0 Å². The van der Waals surface area contributed by atoms with Gasteiger partial charge in [0.15, 0.2) is 0 Å². The van der Waals surface area contributed by atoms with Crippen LogP contribution in [-0.2, 0) is 19.1 Å². The molecule has 0 bridgehead atoms. The van der Waals surface area contributed by atoms with Gasteiger partial charge in [-0.25, -0.2) is 0 Å². The van der Waals surface area contributed by atoms with Crippen molar-refractivity contribution in [2.24, 2.45) is 0 Å². The maximum absolute atomic E-state index is 11.8. The normalized spacial score (nSPS) is 11.7. The highest BCUT2D eigenvalue weighted by atomic mass is 16.5. The molecule has 0 aliphatic heterocycles. The lowest BCUT2D eigenvalue weighted by Crippen LogP contribution is -2.07. The van der Waals surface area contributed by atoms with Crippen molar-refractivity contribution >= 4 is 11.9 Å². The van der Waals surface area contributed by atoms with Gasteiger partial charge in [-0.3, -0.25) is 9.59 Å². The molecule has 0 heterocycles. The molecule has 0 saturated heterocycles. The quantitative estimate of drug-likeness (QED) is 0.163. The summed E-state index contributed by atoms with van der Waals surface area (Å²) in [6.07, 6.45) is 14.3. The molecule has 0 aliphatic carbocycles. The van der Waals surface area contributed by atoms with E-state index >= 15 is 0 Å². The fraction of sp³-hybridized carbons (Fsp3) is 0.615. The number of carbonyl (C=O) groups excluding carboxylic acids is 2. The lowest BCUT2D eigenvalue weighted by molar-refractivity contribution is -0.144. The van der Waals surface area contributed by atoms with Gasteiger partial charge in [-0.05, 0) is 92.2 Å². The molecular weight excluding hydrogens is 376 g/mol. The summed E-state index contributed by atoms with van der Waals surface area (Å²) >= 11 is 0. The van der Waals surface area contributed by atoms with E-state index in [1.807, 2.05) is 12.2 Å². The highest BCUT2D eigenvalue weighted by Crippen LogP contribution is 2.08. The standard InChI is InChI=1S/C26H42O4/c1-21(2)11-9-13-23(5)17-19-29-25(27)15-7-8-16-26(28)30-20-18-24(6)14-10-12-22(3)4/h11-12,17-18H,7-10,13-16,19-20H2,1-6H3/b23-17-,24-18-. The van der Waals surface area contributed by atoms with E-state index < -0.39 is 0 Å². The molecule has 4 nitrogen and oxygen atoms in total. The smallest absolute Gasteiger partial charge is 0.306 e. The van der Waals surface area contributed by atoms with Crippen LogP contribution in [0.3, 0.4) is 0 Å². The Balaban J connectivity index is 3.80. The molecule has 0 amide bonds. The summed E-state index contributed by atoms with van der Waals surface area (Å²) in [4.78, 5) is 23.5. The molecule has 0 aliphatic rings. The number of hydrogen-bond acceptors (Lipinski definition) is 4. The van der Waals surface area contributed by atoms with E-state index in [9.17, 15) is 9.59 Å². The van der Waals surface area contributed by atoms with E-state index in [0.717, 1.165) is 25.7 Å². The average Bonchev–Trinajstić information content (AvgIpc) is 2.64. The van der Waals surface area contributed by atoms with Crippen molar-refractivity contribution in [3.05, 3.63) is 46.6 Å². The van der Waals surface area contributed by atoms with Gasteiger partial charge in [-0.15, -0.1) is 0 Å². The average molecular weight is 419 g/mol. The van der Waals surface area contributed by atoms with Gasteiger partial charge in [-0.2, -0.15) is 0 Å². The van der Waals surface area contributed by atoms with Gasteiger partial charge in [-0.1, -0.05) is 34.4 Å². The van der Waals surface area contributed by atoms with Crippen LogP contribution in [0.4, 0.5) is 0 Å². The Morgan fingerprint density at radius 3 is 1.27 bits per heavy atom. The van der Waals surface area contributed by atoms with Crippen LogP contribution in [0.5, 0.6) is 0 Å². The van der Waals surface area contributed by atoms with Crippen LogP contribution in [-0.4, -0.2) is 25.2 Å². The number of ether oxygens (including phenoxy) is 2. The summed E-state index contributed by atoms with van der Waals surface area (Å²) in [5.74, 6) is -0.432. The van der Waals surface area contributed by atoms with E-state index in [-0.39, 0.29) is 11.9 Å². The number of allylic oxidation sites excluding steroid dienone is 6. The van der Waals surface area contributed by atoms with Crippen LogP contribution < -0.4 is 0 Å². The summed E-state index contributed by atoms with van der Waals surface area (Å²) in [7, 11) is 0. The zero-order chi connectivity index (χ0) is 22.8. The first-order valence-electron chi connectivity index (χ1n) is 11.1. The molecule has 0 saturated carbocycles. The molecule has 30 heavy (non-hydrogen) atoms. The van der Waals surface area contributed by atoms with Crippen LogP contribution in [0.15, 0.2) is 46.6 Å². The first-order valence-corrected chi connectivity index (χ1v) is 11.1. The third-order valence-electron chi connectivity index (χ3n) is 4.55. The minimum atomic E-state index is -0.216. The molecule has 170 valence electrons. The van der Waals surface area contributed by atoms with Crippen molar-refractivity contribution < 1.29 is 19.1 Å². The van der Waals surface area contributed by atoms with E-state index in [4.69, 9.17) is 9.47 Å². The second-order valence-corrected chi connectivity index (χ2v) is 8.31. The van der Waals surface area contributed by atoms with Gasteiger partial charge in [0.25, 0.3) is 0 Å². The van der Waals surface area contributed by atoms with Crippen molar-refractivity contribution in [2.75, 3.05) is 13.2 Å². The van der Waals surface area contributed by atoms with Gasteiger partial charge >= 0.3 is 11.9 Å². The van der Waals surface area contributed by atoms with Crippen molar-refractivity contribution in [1.29, 1.82) is 0 Å². The zero-order valence-corrected chi connectivity index (χ0v) is 20.0. The second kappa shape index (κ2) is 17.7. The predicted molar refractivity (Wildman–Crippen MR) is 125 cm³/mol. The van der Waals surface area contributed by atoms with Crippen LogP contribution in [0.2, 0.25) is 0 Å². The van der Waals surface area contributed by atoms with Gasteiger partial charge in [0.05, 0.1) is 0 Å². The largest absolute Gasteiger partial charge is 0.461 e. The van der Waals surface area contributed by atoms with E-state index in [2.05, 4.69) is 53.7 Å². The molecule has 0 rings (SSSR count). The molecule has 0 fully saturated rings. The minimum Gasteiger partial charge on any atom is -0.461 e. The summed E-state index contributed by atoms with van der Waals surface area (Å²) in [6.45, 7) is 13.1. The van der Waals surface area contributed by atoms with Gasteiger partial charge < -0.3 is 9.47 Å². The third kappa shape index (κ3) is 19.2. The molecule has 0 N–H and O–H groups in total. The first-order chi connectivity index (χ1) is 14.2. The number of carbonyl (C=O) groups is 2. The number of rotatable bonds is 15. The van der Waals surface area contributed by atoms with E-state index in [1.54, 1.807) is 0 Å². The Kier molecular flexibility index (Phi) is 16.5. The Morgan fingerprint density at radius 2 is 0.933 bits per heavy atom. The monoisotopic (exact) mass is 418 g/mol. The SMILES string of the molecule is CC(C)=CCC/C(C)=C\COC(=O)CCCCC(=O)OC/C=C(/C)CCC=C(C)C. The second-order valence-electron chi connectivity index (χ2n) is 8.31. The van der Waals surface area contributed by atoms with Gasteiger partial charge in [0.1, 0.15) is 13.2 Å². The Hall–Kier alpha value is -2.10. The lowest BCUT2D eigenvalue weighted by Gasteiger charge is -2.05. The Morgan fingerprint density at radius 1 is 0.567 bits per heavy atom. The van der Waals surface area contributed by atoms with Crippen LogP contribution >= 0.6 is 0 Å². The molecule has 0 radical (unpaired) electrons. The summed E-state index contributed by atoms with van der Waals surface area (Å²) < 4.78 is 10.5. The molecule has 0 unspecified atom stereocenters. The zero-order valence-electron chi connectivity index (χ0n) is 20.0.